The van der Waals surface area contributed by atoms with Crippen LogP contribution in [0.4, 0.5) is 4.39 Å². The first-order chi connectivity index (χ1) is 14.8. The number of carbonyl (C=O) groups excluding carboxylic acids is 1. The molecule has 0 spiro atoms. The molecule has 0 aliphatic heterocycles. The van der Waals surface area contributed by atoms with Gasteiger partial charge in [-0.05, 0) is 52.4 Å². The zero-order chi connectivity index (χ0) is 22.1. The van der Waals surface area contributed by atoms with E-state index in [2.05, 4.69) is 15.3 Å². The van der Waals surface area contributed by atoms with E-state index in [4.69, 9.17) is 14.2 Å². The molecule has 4 rings (SSSR count). The van der Waals surface area contributed by atoms with Crippen molar-refractivity contribution in [1.82, 2.24) is 19.9 Å². The molecule has 2 aliphatic rings. The van der Waals surface area contributed by atoms with Gasteiger partial charge in [0.25, 0.3) is 11.9 Å². The molecule has 1 amide bonds. The summed E-state index contributed by atoms with van der Waals surface area (Å²) in [4.78, 5) is 19.7. The normalized spacial score (nSPS) is 23.4. The van der Waals surface area contributed by atoms with Crippen LogP contribution in [0.3, 0.4) is 0 Å². The molecular weight excluding hydrogens is 403 g/mol. The predicted octanol–water partition coefficient (Wildman–Crippen LogP) is 3.27. The molecule has 31 heavy (non-hydrogen) atoms. The number of amides is 1. The van der Waals surface area contributed by atoms with Crippen molar-refractivity contribution in [2.75, 3.05) is 0 Å². The summed E-state index contributed by atoms with van der Waals surface area (Å²) in [5.41, 5.74) is 0.800. The van der Waals surface area contributed by atoms with Crippen molar-refractivity contribution in [1.29, 1.82) is 0 Å². The Labute approximate surface area is 181 Å². The molecule has 2 heterocycles. The van der Waals surface area contributed by atoms with Crippen molar-refractivity contribution in [3.8, 4) is 11.9 Å². The van der Waals surface area contributed by atoms with Crippen LogP contribution in [0.15, 0.2) is 6.20 Å². The SMILES string of the molecule is CC(=O)N[C@@H](C)[C@H](C)OC1CCC(Oc2nc3cnc(OC4CC4)c(F)c3n2C)CC1. The Morgan fingerprint density at radius 2 is 1.74 bits per heavy atom. The van der Waals surface area contributed by atoms with Gasteiger partial charge in [0.05, 0.1) is 24.4 Å². The molecule has 9 heteroatoms. The lowest BCUT2D eigenvalue weighted by atomic mass is 9.94. The van der Waals surface area contributed by atoms with Crippen molar-refractivity contribution in [3.05, 3.63) is 12.0 Å². The molecule has 0 unspecified atom stereocenters. The number of aryl methyl sites for hydroxylation is 1. The average Bonchev–Trinajstić information content (AvgIpc) is 3.48. The van der Waals surface area contributed by atoms with E-state index in [1.165, 1.54) is 13.1 Å². The number of rotatable bonds is 8. The van der Waals surface area contributed by atoms with Crippen LogP contribution in [0.25, 0.3) is 11.0 Å². The summed E-state index contributed by atoms with van der Waals surface area (Å²) >= 11 is 0. The Bertz CT molecular complexity index is 937. The van der Waals surface area contributed by atoms with E-state index in [1.807, 2.05) is 13.8 Å². The molecule has 0 aromatic carbocycles. The van der Waals surface area contributed by atoms with Crippen LogP contribution in [-0.2, 0) is 16.6 Å². The van der Waals surface area contributed by atoms with E-state index < -0.39 is 5.82 Å². The van der Waals surface area contributed by atoms with Gasteiger partial charge in [-0.2, -0.15) is 9.37 Å². The molecule has 2 aliphatic carbocycles. The molecule has 170 valence electrons. The summed E-state index contributed by atoms with van der Waals surface area (Å²) in [5.74, 6) is -0.515. The minimum absolute atomic E-state index is 0.00311. The monoisotopic (exact) mass is 434 g/mol. The molecular formula is C22H31FN4O4. The van der Waals surface area contributed by atoms with Crippen LogP contribution < -0.4 is 14.8 Å². The van der Waals surface area contributed by atoms with Crippen LogP contribution in [0.1, 0.15) is 59.3 Å². The second-order valence-electron chi connectivity index (χ2n) is 8.73. The summed E-state index contributed by atoms with van der Waals surface area (Å²) in [7, 11) is 1.74. The smallest absolute Gasteiger partial charge is 0.297 e. The Morgan fingerprint density at radius 1 is 1.13 bits per heavy atom. The first kappa shape index (κ1) is 21.8. The van der Waals surface area contributed by atoms with Crippen LogP contribution in [0, 0.1) is 5.82 Å². The standard InChI is InChI=1S/C22H31FN4O4/c1-12(25-14(3)28)13(2)29-15-5-9-17(10-6-15)31-22-26-18-11-24-21(30-16-7-8-16)19(23)20(18)27(22)4/h11-13,15-17H,5-10H2,1-4H3,(H,25,28)/t12-,13-,15?,17?/m0/s1. The lowest BCUT2D eigenvalue weighted by Crippen LogP contribution is -2.42. The summed E-state index contributed by atoms with van der Waals surface area (Å²) in [5, 5.41) is 2.87. The van der Waals surface area contributed by atoms with Crippen molar-refractivity contribution < 1.29 is 23.4 Å². The lowest BCUT2D eigenvalue weighted by molar-refractivity contribution is -0.121. The van der Waals surface area contributed by atoms with Gasteiger partial charge < -0.3 is 19.5 Å². The first-order valence-corrected chi connectivity index (χ1v) is 11.1. The molecule has 2 saturated carbocycles. The van der Waals surface area contributed by atoms with Gasteiger partial charge in [0.1, 0.15) is 23.2 Å². The van der Waals surface area contributed by atoms with Gasteiger partial charge in [-0.15, -0.1) is 0 Å². The number of carbonyl (C=O) groups is 1. The Balaban J connectivity index is 1.34. The minimum Gasteiger partial charge on any atom is -0.472 e. The number of nitrogens with zero attached hydrogens (tertiary/aromatic N) is 3. The maximum absolute atomic E-state index is 14.9. The highest BCUT2D eigenvalue weighted by Gasteiger charge is 2.29. The van der Waals surface area contributed by atoms with Gasteiger partial charge >= 0.3 is 0 Å². The summed E-state index contributed by atoms with van der Waals surface area (Å²) in [6.45, 7) is 5.43. The highest BCUT2D eigenvalue weighted by atomic mass is 19.1. The summed E-state index contributed by atoms with van der Waals surface area (Å²) in [6, 6.07) is 0.347. The number of aromatic nitrogens is 3. The second kappa shape index (κ2) is 8.98. The van der Waals surface area contributed by atoms with E-state index in [0.717, 1.165) is 38.5 Å². The van der Waals surface area contributed by atoms with Gasteiger partial charge in [0, 0.05) is 14.0 Å². The van der Waals surface area contributed by atoms with Crippen LogP contribution >= 0.6 is 0 Å². The number of imidazole rings is 1. The molecule has 0 bridgehead atoms. The van der Waals surface area contributed by atoms with Crippen LogP contribution in [0.5, 0.6) is 11.9 Å². The summed E-state index contributed by atoms with van der Waals surface area (Å²) < 4.78 is 34.3. The predicted molar refractivity (Wildman–Crippen MR) is 113 cm³/mol. The lowest BCUT2D eigenvalue weighted by Gasteiger charge is -2.32. The number of nitrogens with one attached hydrogen (secondary N) is 1. The number of hydrogen-bond acceptors (Lipinski definition) is 6. The van der Waals surface area contributed by atoms with Gasteiger partial charge in [0.15, 0.2) is 0 Å². The van der Waals surface area contributed by atoms with E-state index in [-0.39, 0.29) is 42.2 Å². The quantitative estimate of drug-likeness (QED) is 0.686. The molecule has 2 atom stereocenters. The topological polar surface area (TPSA) is 87.5 Å². The van der Waals surface area contributed by atoms with E-state index in [9.17, 15) is 9.18 Å². The Kier molecular flexibility index (Phi) is 6.31. The van der Waals surface area contributed by atoms with Gasteiger partial charge in [0.2, 0.25) is 11.7 Å². The van der Waals surface area contributed by atoms with Crippen molar-refractivity contribution in [2.45, 2.75) is 89.8 Å². The number of hydrogen-bond donors (Lipinski definition) is 1. The zero-order valence-corrected chi connectivity index (χ0v) is 18.6. The van der Waals surface area contributed by atoms with E-state index in [0.29, 0.717) is 17.0 Å². The third-order valence-corrected chi connectivity index (χ3v) is 6.02. The van der Waals surface area contributed by atoms with E-state index >= 15 is 0 Å². The fourth-order valence-corrected chi connectivity index (χ4v) is 3.95. The molecule has 0 saturated heterocycles. The van der Waals surface area contributed by atoms with Crippen molar-refractivity contribution in [3.63, 3.8) is 0 Å². The van der Waals surface area contributed by atoms with Crippen molar-refractivity contribution in [2.24, 2.45) is 7.05 Å². The maximum Gasteiger partial charge on any atom is 0.297 e. The van der Waals surface area contributed by atoms with Gasteiger partial charge in [-0.3, -0.25) is 9.36 Å². The largest absolute Gasteiger partial charge is 0.472 e. The molecule has 2 aromatic heterocycles. The summed E-state index contributed by atoms with van der Waals surface area (Å²) in [6.07, 6.45) is 6.93. The maximum atomic E-state index is 14.9. The molecule has 2 aromatic rings. The van der Waals surface area contributed by atoms with Crippen molar-refractivity contribution >= 4 is 16.9 Å². The third kappa shape index (κ3) is 5.08. The second-order valence-corrected chi connectivity index (χ2v) is 8.73. The number of fused-ring (bicyclic) bond motifs is 1. The molecule has 2 fully saturated rings. The van der Waals surface area contributed by atoms with E-state index in [1.54, 1.807) is 11.6 Å². The number of ether oxygens (including phenoxy) is 3. The molecule has 0 radical (unpaired) electrons. The Morgan fingerprint density at radius 3 is 2.39 bits per heavy atom. The number of pyridine rings is 1. The average molecular weight is 435 g/mol. The highest BCUT2D eigenvalue weighted by Crippen LogP contribution is 2.33. The fraction of sp³-hybridized carbons (Fsp3) is 0.682. The minimum atomic E-state index is -0.492. The van der Waals surface area contributed by atoms with Crippen LogP contribution in [0.2, 0.25) is 0 Å². The Hall–Kier alpha value is -2.42. The highest BCUT2D eigenvalue weighted by molar-refractivity contribution is 5.77. The zero-order valence-electron chi connectivity index (χ0n) is 18.6. The first-order valence-electron chi connectivity index (χ1n) is 11.1. The van der Waals surface area contributed by atoms with Gasteiger partial charge in [-0.25, -0.2) is 4.98 Å². The number of halogens is 1. The third-order valence-electron chi connectivity index (χ3n) is 6.02. The van der Waals surface area contributed by atoms with Gasteiger partial charge in [-0.1, -0.05) is 0 Å². The molecule has 8 nitrogen and oxygen atoms in total. The fourth-order valence-electron chi connectivity index (χ4n) is 3.95. The van der Waals surface area contributed by atoms with Crippen LogP contribution in [-0.4, -0.2) is 50.9 Å². The molecule has 1 N–H and O–H groups in total.